The first-order valence-corrected chi connectivity index (χ1v) is 7.57. The maximum absolute atomic E-state index is 14.1. The number of rotatable bonds is 2. The van der Waals surface area contributed by atoms with E-state index < -0.39 is 5.82 Å². The summed E-state index contributed by atoms with van der Waals surface area (Å²) in [5.74, 6) is -0.353. The third-order valence-corrected chi connectivity index (χ3v) is 4.74. The number of phenols is 1. The largest absolute Gasteiger partial charge is 0.508 e. The molecular formula is C17H14FNO2S. The lowest BCUT2D eigenvalue weighted by Crippen LogP contribution is -2.09. The van der Waals surface area contributed by atoms with Crippen molar-refractivity contribution in [3.05, 3.63) is 68.4 Å². The van der Waals surface area contributed by atoms with Crippen molar-refractivity contribution in [2.24, 2.45) is 0 Å². The van der Waals surface area contributed by atoms with Crippen LogP contribution in [-0.2, 0) is 6.42 Å². The molecule has 3 nitrogen and oxygen atoms in total. The molecule has 5 heteroatoms. The fraction of sp³-hybridized carbons (Fsp3) is 0.118. The van der Waals surface area contributed by atoms with Crippen LogP contribution in [0.4, 0.5) is 10.1 Å². The molecule has 0 fully saturated rings. The SMILES string of the molecule is Cc1c(Cc2cccc(N)c2F)c(=O)sc2cc(O)ccc12. The standard InChI is InChI=1S/C17H14FNO2S/c1-9-12-6-5-11(20)8-15(12)22-17(21)13(9)7-10-3-2-4-14(19)16(10)18/h2-6,8,20H,7,19H2,1H3. The second-order valence-corrected chi connectivity index (χ2v) is 6.19. The van der Waals surface area contributed by atoms with Gasteiger partial charge in [0.1, 0.15) is 11.6 Å². The van der Waals surface area contributed by atoms with Crippen LogP contribution >= 0.6 is 11.3 Å². The highest BCUT2D eigenvalue weighted by Crippen LogP contribution is 2.28. The predicted molar refractivity (Wildman–Crippen MR) is 88.1 cm³/mol. The van der Waals surface area contributed by atoms with Gasteiger partial charge in [0.2, 0.25) is 4.74 Å². The van der Waals surface area contributed by atoms with E-state index in [1.54, 1.807) is 30.3 Å². The highest BCUT2D eigenvalue weighted by Gasteiger charge is 2.14. The summed E-state index contributed by atoms with van der Waals surface area (Å²) < 4.78 is 14.7. The molecule has 3 rings (SSSR count). The highest BCUT2D eigenvalue weighted by atomic mass is 32.1. The third-order valence-electron chi connectivity index (χ3n) is 3.75. The van der Waals surface area contributed by atoms with Gasteiger partial charge in [-0.15, -0.1) is 0 Å². The van der Waals surface area contributed by atoms with Crippen LogP contribution in [0.25, 0.3) is 10.1 Å². The topological polar surface area (TPSA) is 63.3 Å². The first-order valence-electron chi connectivity index (χ1n) is 6.75. The Morgan fingerprint density at radius 3 is 2.82 bits per heavy atom. The lowest BCUT2D eigenvalue weighted by atomic mass is 10.00. The van der Waals surface area contributed by atoms with Crippen LogP contribution in [0, 0.1) is 12.7 Å². The second kappa shape index (κ2) is 5.42. The van der Waals surface area contributed by atoms with Gasteiger partial charge in [-0.2, -0.15) is 0 Å². The van der Waals surface area contributed by atoms with Crippen molar-refractivity contribution < 1.29 is 9.50 Å². The van der Waals surface area contributed by atoms with Gasteiger partial charge in [0.15, 0.2) is 0 Å². The summed E-state index contributed by atoms with van der Waals surface area (Å²) >= 11 is 1.06. The minimum absolute atomic E-state index is 0.0805. The molecular weight excluding hydrogens is 301 g/mol. The summed E-state index contributed by atoms with van der Waals surface area (Å²) in [7, 11) is 0. The molecule has 0 bridgehead atoms. The third kappa shape index (κ3) is 2.44. The van der Waals surface area contributed by atoms with Crippen LogP contribution in [0.5, 0.6) is 5.75 Å². The van der Waals surface area contributed by atoms with E-state index in [0.717, 1.165) is 27.0 Å². The average Bonchev–Trinajstić information content (AvgIpc) is 2.47. The minimum atomic E-state index is -0.475. The molecule has 0 amide bonds. The van der Waals surface area contributed by atoms with E-state index in [9.17, 15) is 14.3 Å². The summed E-state index contributed by atoms with van der Waals surface area (Å²) in [6.07, 6.45) is 0.203. The van der Waals surface area contributed by atoms with Crippen molar-refractivity contribution in [2.45, 2.75) is 13.3 Å². The van der Waals surface area contributed by atoms with Gasteiger partial charge in [-0.1, -0.05) is 23.5 Å². The first-order chi connectivity index (χ1) is 10.5. The zero-order valence-electron chi connectivity index (χ0n) is 11.9. The van der Waals surface area contributed by atoms with Crippen LogP contribution < -0.4 is 10.5 Å². The molecule has 0 atom stereocenters. The number of aryl methyl sites for hydroxylation is 1. The van der Waals surface area contributed by atoms with Crippen LogP contribution in [-0.4, -0.2) is 5.11 Å². The van der Waals surface area contributed by atoms with Gasteiger partial charge in [-0.05, 0) is 47.7 Å². The molecule has 2 aromatic carbocycles. The van der Waals surface area contributed by atoms with Crippen LogP contribution in [0.15, 0.2) is 41.2 Å². The molecule has 0 aliphatic heterocycles. The Hall–Kier alpha value is -2.40. The first kappa shape index (κ1) is 14.5. The zero-order valence-corrected chi connectivity index (χ0v) is 12.7. The average molecular weight is 315 g/mol. The van der Waals surface area contributed by atoms with Crippen molar-refractivity contribution in [3.8, 4) is 5.75 Å². The fourth-order valence-corrected chi connectivity index (χ4v) is 3.57. The lowest BCUT2D eigenvalue weighted by Gasteiger charge is -2.10. The van der Waals surface area contributed by atoms with E-state index in [0.29, 0.717) is 11.1 Å². The normalized spacial score (nSPS) is 11.0. The molecule has 3 N–H and O–H groups in total. The molecule has 3 aromatic rings. The molecule has 0 saturated carbocycles. The molecule has 0 unspecified atom stereocenters. The van der Waals surface area contributed by atoms with Crippen LogP contribution in [0.3, 0.4) is 0 Å². The Morgan fingerprint density at radius 2 is 2.05 bits per heavy atom. The molecule has 0 spiro atoms. The van der Waals surface area contributed by atoms with Crippen molar-refractivity contribution >= 4 is 27.1 Å². The maximum atomic E-state index is 14.1. The number of aromatic hydroxyl groups is 1. The quantitative estimate of drug-likeness (QED) is 0.710. The molecule has 22 heavy (non-hydrogen) atoms. The zero-order chi connectivity index (χ0) is 15.9. The smallest absolute Gasteiger partial charge is 0.236 e. The van der Waals surface area contributed by atoms with Gasteiger partial charge in [0.05, 0.1) is 5.69 Å². The number of hydrogen-bond acceptors (Lipinski definition) is 4. The molecule has 112 valence electrons. The Balaban J connectivity index is 2.17. The van der Waals surface area contributed by atoms with E-state index in [1.807, 2.05) is 6.92 Å². The van der Waals surface area contributed by atoms with E-state index in [-0.39, 0.29) is 22.6 Å². The van der Waals surface area contributed by atoms with Gasteiger partial charge < -0.3 is 10.8 Å². The van der Waals surface area contributed by atoms with E-state index >= 15 is 0 Å². The molecule has 0 radical (unpaired) electrons. The molecule has 0 aliphatic carbocycles. The second-order valence-electron chi connectivity index (χ2n) is 5.17. The number of benzene rings is 2. The van der Waals surface area contributed by atoms with E-state index in [2.05, 4.69) is 0 Å². The summed E-state index contributed by atoms with van der Waals surface area (Å²) in [5.41, 5.74) is 7.44. The Morgan fingerprint density at radius 1 is 1.27 bits per heavy atom. The van der Waals surface area contributed by atoms with Crippen molar-refractivity contribution in [2.75, 3.05) is 5.73 Å². The van der Waals surface area contributed by atoms with Crippen LogP contribution in [0.1, 0.15) is 16.7 Å². The Bertz CT molecular complexity index is 934. The number of halogens is 1. The van der Waals surface area contributed by atoms with Gasteiger partial charge in [0.25, 0.3) is 0 Å². The number of phenolic OH excluding ortho intramolecular Hbond substituents is 1. The summed E-state index contributed by atoms with van der Waals surface area (Å²) in [6.45, 7) is 1.84. The van der Waals surface area contributed by atoms with Gasteiger partial charge in [-0.25, -0.2) is 4.39 Å². The highest BCUT2D eigenvalue weighted by molar-refractivity contribution is 7.16. The Kier molecular flexibility index (Phi) is 3.58. The van der Waals surface area contributed by atoms with Gasteiger partial charge in [-0.3, -0.25) is 4.79 Å². The molecule has 1 heterocycles. The number of fused-ring (bicyclic) bond motifs is 1. The summed E-state index contributed by atoms with van der Waals surface area (Å²) in [6, 6.07) is 9.73. The lowest BCUT2D eigenvalue weighted by molar-refractivity contribution is 0.476. The molecule has 0 aliphatic rings. The van der Waals surface area contributed by atoms with E-state index in [4.69, 9.17) is 5.73 Å². The summed E-state index contributed by atoms with van der Waals surface area (Å²) in [5, 5.41) is 10.4. The summed E-state index contributed by atoms with van der Waals surface area (Å²) in [4.78, 5) is 12.3. The number of anilines is 1. The van der Waals surface area contributed by atoms with Crippen molar-refractivity contribution in [1.29, 1.82) is 0 Å². The maximum Gasteiger partial charge on any atom is 0.236 e. The number of nitrogens with two attached hydrogens (primary N) is 1. The Labute approximate surface area is 130 Å². The van der Waals surface area contributed by atoms with Crippen molar-refractivity contribution in [3.63, 3.8) is 0 Å². The minimum Gasteiger partial charge on any atom is -0.508 e. The monoisotopic (exact) mass is 315 g/mol. The fourth-order valence-electron chi connectivity index (χ4n) is 2.51. The number of nitrogen functional groups attached to an aromatic ring is 1. The number of hydrogen-bond donors (Lipinski definition) is 2. The molecule has 0 saturated heterocycles. The van der Waals surface area contributed by atoms with Crippen LogP contribution in [0.2, 0.25) is 0 Å². The molecule has 1 aromatic heterocycles. The predicted octanol–water partition coefficient (Wildman–Crippen LogP) is 3.59. The van der Waals surface area contributed by atoms with E-state index in [1.165, 1.54) is 6.07 Å². The van der Waals surface area contributed by atoms with Gasteiger partial charge >= 0.3 is 0 Å². The van der Waals surface area contributed by atoms with Gasteiger partial charge in [0, 0.05) is 16.7 Å². The van der Waals surface area contributed by atoms with Crippen molar-refractivity contribution in [1.82, 2.24) is 0 Å².